The molecule has 2 rings (SSSR count). The monoisotopic (exact) mass is 282 g/mol. The zero-order valence-corrected chi connectivity index (χ0v) is 12.4. The van der Waals surface area contributed by atoms with Crippen molar-refractivity contribution in [1.29, 1.82) is 0 Å². The van der Waals surface area contributed by atoms with Gasteiger partial charge in [-0.1, -0.05) is 18.9 Å². The fraction of sp³-hybridized carbons (Fsp3) is 0.571. The predicted molar refractivity (Wildman–Crippen MR) is 77.4 cm³/mol. The van der Waals surface area contributed by atoms with Crippen molar-refractivity contribution in [3.05, 3.63) is 23.8 Å². The van der Waals surface area contributed by atoms with Crippen LogP contribution in [0.15, 0.2) is 23.1 Å². The summed E-state index contributed by atoms with van der Waals surface area (Å²) in [4.78, 5) is 0.288. The lowest BCUT2D eigenvalue weighted by molar-refractivity contribution is 0.387. The smallest absolute Gasteiger partial charge is 0.242 e. The van der Waals surface area contributed by atoms with Crippen molar-refractivity contribution in [1.82, 2.24) is 4.31 Å². The molecule has 0 amide bonds. The number of rotatable bonds is 4. The van der Waals surface area contributed by atoms with Crippen LogP contribution in [-0.2, 0) is 10.0 Å². The Kier molecular flexibility index (Phi) is 4.16. The van der Waals surface area contributed by atoms with Crippen LogP contribution in [0, 0.1) is 12.8 Å². The molecule has 1 aliphatic carbocycles. The summed E-state index contributed by atoms with van der Waals surface area (Å²) in [6.45, 7) is 2.48. The van der Waals surface area contributed by atoms with Crippen LogP contribution in [0.2, 0.25) is 0 Å². The number of nitrogens with two attached hydrogens (primary N) is 1. The van der Waals surface area contributed by atoms with E-state index in [1.54, 1.807) is 25.2 Å². The van der Waals surface area contributed by atoms with E-state index in [9.17, 15) is 8.42 Å². The van der Waals surface area contributed by atoms with Crippen LogP contribution in [0.3, 0.4) is 0 Å². The molecule has 0 aromatic heterocycles. The Morgan fingerprint density at radius 2 is 1.95 bits per heavy atom. The van der Waals surface area contributed by atoms with Crippen molar-refractivity contribution in [3.8, 4) is 0 Å². The normalized spacial score (nSPS) is 17.2. The number of anilines is 1. The summed E-state index contributed by atoms with van der Waals surface area (Å²) in [5, 5.41) is 0. The van der Waals surface area contributed by atoms with Crippen LogP contribution in [0.25, 0.3) is 0 Å². The van der Waals surface area contributed by atoms with Crippen LogP contribution in [0.1, 0.15) is 31.2 Å². The minimum Gasteiger partial charge on any atom is -0.398 e. The largest absolute Gasteiger partial charge is 0.398 e. The van der Waals surface area contributed by atoms with Gasteiger partial charge in [0.1, 0.15) is 0 Å². The second kappa shape index (κ2) is 5.51. The maximum Gasteiger partial charge on any atom is 0.242 e. The molecule has 19 heavy (non-hydrogen) atoms. The van der Waals surface area contributed by atoms with Gasteiger partial charge in [-0.2, -0.15) is 0 Å². The van der Waals surface area contributed by atoms with E-state index in [0.29, 0.717) is 18.2 Å². The Morgan fingerprint density at radius 3 is 2.53 bits per heavy atom. The Morgan fingerprint density at radius 1 is 1.32 bits per heavy atom. The summed E-state index contributed by atoms with van der Waals surface area (Å²) in [6, 6.07) is 4.94. The molecule has 0 radical (unpaired) electrons. The highest BCUT2D eigenvalue weighted by molar-refractivity contribution is 7.89. The summed E-state index contributed by atoms with van der Waals surface area (Å²) >= 11 is 0. The van der Waals surface area contributed by atoms with Crippen molar-refractivity contribution >= 4 is 15.7 Å². The molecule has 0 bridgehead atoms. The lowest BCUT2D eigenvalue weighted by Gasteiger charge is -2.21. The third kappa shape index (κ3) is 3.09. The standard InChI is InChI=1S/C14H22N2O2S/c1-11-7-8-13(9-14(11)15)19(17,18)16(2)10-12-5-3-4-6-12/h7-9,12H,3-6,10,15H2,1-2H3. The Labute approximate surface area is 115 Å². The Balaban J connectivity index is 2.18. The first-order valence-electron chi connectivity index (χ1n) is 6.73. The molecule has 0 heterocycles. The number of aryl methyl sites for hydroxylation is 1. The Bertz CT molecular complexity index is 549. The first-order valence-corrected chi connectivity index (χ1v) is 8.17. The van der Waals surface area contributed by atoms with Gasteiger partial charge in [0.05, 0.1) is 4.90 Å². The van der Waals surface area contributed by atoms with Gasteiger partial charge in [-0.3, -0.25) is 0 Å². The summed E-state index contributed by atoms with van der Waals surface area (Å²) in [6.07, 6.45) is 4.71. The van der Waals surface area contributed by atoms with Crippen molar-refractivity contribution in [2.24, 2.45) is 5.92 Å². The molecule has 106 valence electrons. The average molecular weight is 282 g/mol. The minimum atomic E-state index is -3.41. The molecule has 0 atom stereocenters. The molecule has 0 saturated heterocycles. The second-order valence-electron chi connectivity index (χ2n) is 5.45. The van der Waals surface area contributed by atoms with Gasteiger partial charge < -0.3 is 5.73 Å². The number of sulfonamides is 1. The average Bonchev–Trinajstić information content (AvgIpc) is 2.85. The van der Waals surface area contributed by atoms with Crippen LogP contribution < -0.4 is 5.73 Å². The maximum atomic E-state index is 12.5. The second-order valence-corrected chi connectivity index (χ2v) is 7.50. The topological polar surface area (TPSA) is 63.4 Å². The van der Waals surface area contributed by atoms with Crippen molar-refractivity contribution < 1.29 is 8.42 Å². The number of hydrogen-bond acceptors (Lipinski definition) is 3. The molecule has 1 saturated carbocycles. The van der Waals surface area contributed by atoms with Gasteiger partial charge in [0, 0.05) is 19.3 Å². The summed E-state index contributed by atoms with van der Waals surface area (Å²) in [5.41, 5.74) is 7.22. The van der Waals surface area contributed by atoms with Gasteiger partial charge in [-0.05, 0) is 43.4 Å². The zero-order valence-electron chi connectivity index (χ0n) is 11.6. The van der Waals surface area contributed by atoms with Crippen LogP contribution in [0.4, 0.5) is 5.69 Å². The number of hydrogen-bond donors (Lipinski definition) is 1. The molecule has 5 heteroatoms. The SMILES string of the molecule is Cc1ccc(S(=O)(=O)N(C)CC2CCCC2)cc1N. The lowest BCUT2D eigenvalue weighted by Crippen LogP contribution is -2.31. The number of benzene rings is 1. The highest BCUT2D eigenvalue weighted by atomic mass is 32.2. The summed E-state index contributed by atoms with van der Waals surface area (Å²) in [7, 11) is -1.76. The highest BCUT2D eigenvalue weighted by Crippen LogP contribution is 2.27. The first-order chi connectivity index (χ1) is 8.91. The molecule has 0 unspecified atom stereocenters. The van der Waals surface area contributed by atoms with Gasteiger partial charge in [0.25, 0.3) is 0 Å². The fourth-order valence-electron chi connectivity index (χ4n) is 2.61. The van der Waals surface area contributed by atoms with E-state index in [1.807, 2.05) is 6.92 Å². The zero-order chi connectivity index (χ0) is 14.0. The molecular weight excluding hydrogens is 260 g/mol. The highest BCUT2D eigenvalue weighted by Gasteiger charge is 2.25. The first kappa shape index (κ1) is 14.3. The van der Waals surface area contributed by atoms with Gasteiger partial charge in [0.2, 0.25) is 10.0 Å². The molecule has 1 aliphatic rings. The van der Waals surface area contributed by atoms with Crippen molar-refractivity contribution in [2.75, 3.05) is 19.3 Å². The molecule has 4 nitrogen and oxygen atoms in total. The quantitative estimate of drug-likeness (QED) is 0.862. The molecule has 0 spiro atoms. The van der Waals surface area contributed by atoms with Gasteiger partial charge in [-0.25, -0.2) is 12.7 Å². The molecule has 1 aromatic rings. The van der Waals surface area contributed by atoms with Crippen molar-refractivity contribution in [2.45, 2.75) is 37.5 Å². The molecule has 0 aliphatic heterocycles. The van der Waals surface area contributed by atoms with Gasteiger partial charge in [0.15, 0.2) is 0 Å². The third-order valence-electron chi connectivity index (χ3n) is 3.95. The fourth-order valence-corrected chi connectivity index (χ4v) is 3.90. The summed E-state index contributed by atoms with van der Waals surface area (Å²) in [5.74, 6) is 0.502. The number of nitrogens with zero attached hydrogens (tertiary/aromatic N) is 1. The van der Waals surface area contributed by atoms with E-state index < -0.39 is 10.0 Å². The molecule has 2 N–H and O–H groups in total. The minimum absolute atomic E-state index is 0.288. The molecule has 1 aromatic carbocycles. The predicted octanol–water partition coefficient (Wildman–Crippen LogP) is 2.39. The van der Waals surface area contributed by atoms with Crippen LogP contribution in [0.5, 0.6) is 0 Å². The molecule has 1 fully saturated rings. The van der Waals surface area contributed by atoms with E-state index in [0.717, 1.165) is 18.4 Å². The van der Waals surface area contributed by atoms with E-state index in [1.165, 1.54) is 17.1 Å². The lowest BCUT2D eigenvalue weighted by atomic mass is 10.1. The van der Waals surface area contributed by atoms with E-state index in [2.05, 4.69) is 0 Å². The van der Waals surface area contributed by atoms with Crippen LogP contribution in [-0.4, -0.2) is 26.3 Å². The molecular formula is C14H22N2O2S. The van der Waals surface area contributed by atoms with E-state index in [-0.39, 0.29) is 4.90 Å². The summed E-state index contributed by atoms with van der Waals surface area (Å²) < 4.78 is 26.4. The third-order valence-corrected chi connectivity index (χ3v) is 5.77. The van der Waals surface area contributed by atoms with E-state index >= 15 is 0 Å². The van der Waals surface area contributed by atoms with E-state index in [4.69, 9.17) is 5.73 Å². The van der Waals surface area contributed by atoms with Crippen LogP contribution >= 0.6 is 0 Å². The van der Waals surface area contributed by atoms with Crippen molar-refractivity contribution in [3.63, 3.8) is 0 Å². The van der Waals surface area contributed by atoms with Gasteiger partial charge >= 0.3 is 0 Å². The Hall–Kier alpha value is -1.07. The van der Waals surface area contributed by atoms with Gasteiger partial charge in [-0.15, -0.1) is 0 Å². The maximum absolute atomic E-state index is 12.5. The number of nitrogen functional groups attached to an aromatic ring is 1.